The maximum absolute atomic E-state index is 12.2. The average Bonchev–Trinajstić information content (AvgIpc) is 2.79. The van der Waals surface area contributed by atoms with Crippen molar-refractivity contribution in [2.45, 2.75) is 37.8 Å². The highest BCUT2D eigenvalue weighted by Gasteiger charge is 2.37. The van der Waals surface area contributed by atoms with Crippen molar-refractivity contribution < 1.29 is 29.9 Å². The van der Waals surface area contributed by atoms with E-state index in [0.717, 1.165) is 29.2 Å². The SMILES string of the molecule is CS(=O)(=O)O[C@H](Cc1ccccc1)C(OCc1ccccc1)[C@@H](Cc1ccccc1)OS(C)(=O)=O. The van der Waals surface area contributed by atoms with Crippen molar-refractivity contribution in [3.8, 4) is 0 Å². The van der Waals surface area contributed by atoms with Gasteiger partial charge in [0.2, 0.25) is 0 Å². The summed E-state index contributed by atoms with van der Waals surface area (Å²) in [6.07, 6.45) is -0.832. The Morgan fingerprint density at radius 3 is 1.26 bits per heavy atom. The van der Waals surface area contributed by atoms with Crippen LogP contribution in [-0.2, 0) is 52.8 Å². The number of hydrogen-bond acceptors (Lipinski definition) is 7. The highest BCUT2D eigenvalue weighted by Crippen LogP contribution is 2.24. The minimum absolute atomic E-state index is 0.113. The molecule has 0 heterocycles. The lowest BCUT2D eigenvalue weighted by Gasteiger charge is -2.32. The smallest absolute Gasteiger partial charge is 0.264 e. The summed E-state index contributed by atoms with van der Waals surface area (Å²) in [5, 5.41) is 0. The van der Waals surface area contributed by atoms with Gasteiger partial charge in [0.05, 0.1) is 19.1 Å². The van der Waals surface area contributed by atoms with E-state index in [1.165, 1.54) is 0 Å². The van der Waals surface area contributed by atoms with Crippen LogP contribution in [0.1, 0.15) is 16.7 Å². The molecule has 2 atom stereocenters. The molecular weight excluding hydrogens is 488 g/mol. The fourth-order valence-corrected chi connectivity index (χ4v) is 5.03. The fourth-order valence-electron chi connectivity index (χ4n) is 3.77. The average molecular weight is 519 g/mol. The molecule has 7 nitrogen and oxygen atoms in total. The van der Waals surface area contributed by atoms with E-state index >= 15 is 0 Å². The van der Waals surface area contributed by atoms with Crippen LogP contribution in [0.3, 0.4) is 0 Å². The summed E-state index contributed by atoms with van der Waals surface area (Å²) >= 11 is 0. The minimum atomic E-state index is -3.91. The zero-order chi connectivity index (χ0) is 25.3. The number of ether oxygens (including phenoxy) is 1. The second-order valence-corrected chi connectivity index (χ2v) is 11.5. The van der Waals surface area contributed by atoms with Crippen LogP contribution in [0.25, 0.3) is 0 Å². The normalized spacial score (nSPS) is 14.0. The Bertz CT molecular complexity index is 1170. The molecule has 0 bridgehead atoms. The van der Waals surface area contributed by atoms with E-state index < -0.39 is 38.5 Å². The summed E-state index contributed by atoms with van der Waals surface area (Å²) < 4.78 is 66.2. The van der Waals surface area contributed by atoms with E-state index in [-0.39, 0.29) is 19.4 Å². The molecule has 0 unspecified atom stereocenters. The molecule has 3 aromatic rings. The molecule has 0 radical (unpaired) electrons. The standard InChI is InChI=1S/C26H30O7S2/c1-34(27,28)32-24(18-21-12-6-3-7-13-21)26(31-20-23-16-10-5-11-17-23)25(33-35(2,29)30)19-22-14-8-4-9-15-22/h3-17,24-26H,18-20H2,1-2H3/t24-,25-/m1/s1. The van der Waals surface area contributed by atoms with Crippen molar-refractivity contribution in [1.82, 2.24) is 0 Å². The Hall–Kier alpha value is -2.56. The van der Waals surface area contributed by atoms with Crippen molar-refractivity contribution in [3.63, 3.8) is 0 Å². The lowest BCUT2D eigenvalue weighted by atomic mass is 9.96. The van der Waals surface area contributed by atoms with Crippen molar-refractivity contribution in [2.24, 2.45) is 0 Å². The number of benzene rings is 3. The van der Waals surface area contributed by atoms with Gasteiger partial charge in [0.25, 0.3) is 20.2 Å². The first-order valence-electron chi connectivity index (χ1n) is 11.1. The molecule has 0 N–H and O–H groups in total. The van der Waals surface area contributed by atoms with Crippen molar-refractivity contribution >= 4 is 20.2 Å². The zero-order valence-electron chi connectivity index (χ0n) is 19.7. The summed E-state index contributed by atoms with van der Waals surface area (Å²) in [6, 6.07) is 27.7. The largest absolute Gasteiger partial charge is 0.368 e. The topological polar surface area (TPSA) is 96.0 Å². The van der Waals surface area contributed by atoms with E-state index in [1.807, 2.05) is 91.0 Å². The lowest BCUT2D eigenvalue weighted by molar-refractivity contribution is -0.0863. The second-order valence-electron chi connectivity index (χ2n) is 8.32. The molecule has 0 aliphatic heterocycles. The Morgan fingerprint density at radius 2 is 0.914 bits per heavy atom. The van der Waals surface area contributed by atoms with Crippen LogP contribution in [0.5, 0.6) is 0 Å². The van der Waals surface area contributed by atoms with Gasteiger partial charge in [-0.2, -0.15) is 16.8 Å². The Kier molecular flexibility index (Phi) is 9.59. The van der Waals surface area contributed by atoms with Gasteiger partial charge >= 0.3 is 0 Å². The van der Waals surface area contributed by atoms with Gasteiger partial charge in [-0.15, -0.1) is 0 Å². The first-order valence-corrected chi connectivity index (χ1v) is 14.7. The molecule has 0 aromatic heterocycles. The summed E-state index contributed by atoms with van der Waals surface area (Å²) in [7, 11) is -7.81. The van der Waals surface area contributed by atoms with Crippen molar-refractivity contribution in [1.29, 1.82) is 0 Å². The minimum Gasteiger partial charge on any atom is -0.368 e. The third-order valence-corrected chi connectivity index (χ3v) is 6.37. The Labute approximate surface area is 207 Å². The zero-order valence-corrected chi connectivity index (χ0v) is 21.3. The van der Waals surface area contributed by atoms with Crippen LogP contribution in [0.2, 0.25) is 0 Å². The summed E-state index contributed by atoms with van der Waals surface area (Å²) in [6.45, 7) is 0.113. The molecule has 188 valence electrons. The van der Waals surface area contributed by atoms with E-state index in [0.29, 0.717) is 0 Å². The van der Waals surface area contributed by atoms with Crippen LogP contribution in [0.4, 0.5) is 0 Å². The maximum atomic E-state index is 12.2. The predicted molar refractivity (Wildman–Crippen MR) is 135 cm³/mol. The molecule has 35 heavy (non-hydrogen) atoms. The molecule has 3 rings (SSSR count). The van der Waals surface area contributed by atoms with Crippen LogP contribution in [0, 0.1) is 0 Å². The van der Waals surface area contributed by atoms with Crippen molar-refractivity contribution in [2.75, 3.05) is 12.5 Å². The molecular formula is C26H30O7S2. The summed E-state index contributed by atoms with van der Waals surface area (Å²) in [5.41, 5.74) is 2.47. The molecule has 9 heteroatoms. The molecule has 0 aliphatic carbocycles. The Morgan fingerprint density at radius 1 is 0.571 bits per heavy atom. The molecule has 0 saturated heterocycles. The first-order chi connectivity index (χ1) is 16.6. The van der Waals surface area contributed by atoms with Gasteiger partial charge in [0, 0.05) is 12.8 Å². The summed E-state index contributed by atoms with van der Waals surface area (Å²) in [4.78, 5) is 0. The molecule has 0 aliphatic rings. The molecule has 0 spiro atoms. The number of hydrogen-bond donors (Lipinski definition) is 0. The van der Waals surface area contributed by atoms with Gasteiger partial charge in [-0.3, -0.25) is 8.37 Å². The van der Waals surface area contributed by atoms with Crippen LogP contribution in [-0.4, -0.2) is 47.7 Å². The third kappa shape index (κ3) is 9.91. The van der Waals surface area contributed by atoms with Crippen LogP contribution in [0.15, 0.2) is 91.0 Å². The first kappa shape index (κ1) is 27.0. The molecule has 0 amide bonds. The van der Waals surface area contributed by atoms with E-state index in [4.69, 9.17) is 13.1 Å². The van der Waals surface area contributed by atoms with Crippen molar-refractivity contribution in [3.05, 3.63) is 108 Å². The van der Waals surface area contributed by atoms with Gasteiger partial charge in [0.1, 0.15) is 18.3 Å². The monoisotopic (exact) mass is 518 g/mol. The van der Waals surface area contributed by atoms with Crippen LogP contribution >= 0.6 is 0 Å². The number of rotatable bonds is 13. The van der Waals surface area contributed by atoms with Gasteiger partial charge < -0.3 is 4.74 Å². The second kappa shape index (κ2) is 12.4. The lowest BCUT2D eigenvalue weighted by Crippen LogP contribution is -2.46. The van der Waals surface area contributed by atoms with E-state index in [2.05, 4.69) is 0 Å². The van der Waals surface area contributed by atoms with E-state index in [9.17, 15) is 16.8 Å². The van der Waals surface area contributed by atoms with Gasteiger partial charge in [-0.05, 0) is 16.7 Å². The molecule has 0 saturated carbocycles. The quantitative estimate of drug-likeness (QED) is 0.318. The van der Waals surface area contributed by atoms with E-state index in [1.54, 1.807) is 0 Å². The Balaban J connectivity index is 2.02. The van der Waals surface area contributed by atoms with Crippen LogP contribution < -0.4 is 0 Å². The third-order valence-electron chi connectivity index (χ3n) is 5.17. The van der Waals surface area contributed by atoms with Gasteiger partial charge in [-0.25, -0.2) is 0 Å². The fraction of sp³-hybridized carbons (Fsp3) is 0.308. The maximum Gasteiger partial charge on any atom is 0.264 e. The highest BCUT2D eigenvalue weighted by molar-refractivity contribution is 7.86. The highest BCUT2D eigenvalue weighted by atomic mass is 32.2. The van der Waals surface area contributed by atoms with Gasteiger partial charge in [0.15, 0.2) is 0 Å². The summed E-state index contributed by atoms with van der Waals surface area (Å²) in [5.74, 6) is 0. The molecule has 0 fully saturated rings. The van der Waals surface area contributed by atoms with Gasteiger partial charge in [-0.1, -0.05) is 91.0 Å². The predicted octanol–water partition coefficient (Wildman–Crippen LogP) is 3.75. The molecule has 3 aromatic carbocycles.